The minimum Gasteiger partial charge on any atom is -0.455 e. The number of benzene rings is 8. The van der Waals surface area contributed by atoms with Crippen LogP contribution < -0.4 is 0 Å². The van der Waals surface area contributed by atoms with Crippen molar-refractivity contribution in [1.29, 1.82) is 0 Å². The molecule has 0 atom stereocenters. The Balaban J connectivity index is 1.04. The van der Waals surface area contributed by atoms with Crippen molar-refractivity contribution in [2.45, 2.75) is 0 Å². The maximum Gasteiger partial charge on any atom is 0.160 e. The quantitative estimate of drug-likeness (QED) is 0.171. The summed E-state index contributed by atoms with van der Waals surface area (Å²) in [5.74, 6) is 0.688. The second-order valence-electron chi connectivity index (χ2n) is 14.3. The lowest BCUT2D eigenvalue weighted by atomic mass is 9.95. The third-order valence-corrected chi connectivity index (χ3v) is 10.9. The van der Waals surface area contributed by atoms with E-state index in [2.05, 4.69) is 164 Å². The molecular weight excluding hydrogens is 695 g/mol. The molecule has 0 saturated carbocycles. The standard InChI is InChI=1S/C53H33N3O/c1-3-13-34(14-4-1)35-25-29-38(30-26-35)46-33-47(55-53(54-46)40-16-5-2-6-17-40)39-31-27-37(28-32-39)42-21-12-23-45-50(42)56-51(43-22-11-18-36-15-7-8-19-41(36)43)49-44-20-9-10-24-48(44)57-52(45)49/h1-33H. The second kappa shape index (κ2) is 13.6. The Bertz CT molecular complexity index is 3260. The lowest BCUT2D eigenvalue weighted by molar-refractivity contribution is 0.672. The van der Waals surface area contributed by atoms with Crippen molar-refractivity contribution in [3.63, 3.8) is 0 Å². The van der Waals surface area contributed by atoms with Crippen molar-refractivity contribution in [2.24, 2.45) is 0 Å². The van der Waals surface area contributed by atoms with Crippen molar-refractivity contribution < 1.29 is 4.42 Å². The van der Waals surface area contributed by atoms with Gasteiger partial charge in [-0.05, 0) is 45.7 Å². The van der Waals surface area contributed by atoms with Crippen LogP contribution in [0.2, 0.25) is 0 Å². The van der Waals surface area contributed by atoms with E-state index < -0.39 is 0 Å². The van der Waals surface area contributed by atoms with Crippen LogP contribution in [0.5, 0.6) is 0 Å². The zero-order valence-corrected chi connectivity index (χ0v) is 30.8. The van der Waals surface area contributed by atoms with E-state index in [1.54, 1.807) is 0 Å². The van der Waals surface area contributed by atoms with Gasteiger partial charge in [-0.1, -0.05) is 182 Å². The smallest absolute Gasteiger partial charge is 0.160 e. The molecular formula is C53H33N3O. The molecule has 11 aromatic rings. The molecule has 0 aliphatic carbocycles. The number of hydrogen-bond donors (Lipinski definition) is 0. The van der Waals surface area contributed by atoms with E-state index >= 15 is 0 Å². The van der Waals surface area contributed by atoms with Crippen LogP contribution in [0.15, 0.2) is 205 Å². The zero-order valence-electron chi connectivity index (χ0n) is 30.8. The van der Waals surface area contributed by atoms with Crippen molar-refractivity contribution in [3.05, 3.63) is 200 Å². The van der Waals surface area contributed by atoms with Crippen molar-refractivity contribution in [1.82, 2.24) is 15.0 Å². The van der Waals surface area contributed by atoms with Crippen LogP contribution in [0.4, 0.5) is 0 Å². The van der Waals surface area contributed by atoms with Crippen LogP contribution >= 0.6 is 0 Å². The van der Waals surface area contributed by atoms with Gasteiger partial charge in [0.25, 0.3) is 0 Å². The number of fused-ring (bicyclic) bond motifs is 6. The number of hydrogen-bond acceptors (Lipinski definition) is 4. The number of furan rings is 1. The Morgan fingerprint density at radius 2 is 0.877 bits per heavy atom. The Morgan fingerprint density at radius 3 is 1.61 bits per heavy atom. The van der Waals surface area contributed by atoms with E-state index in [4.69, 9.17) is 19.4 Å². The maximum absolute atomic E-state index is 6.68. The van der Waals surface area contributed by atoms with Gasteiger partial charge < -0.3 is 4.42 Å². The largest absolute Gasteiger partial charge is 0.455 e. The number of rotatable bonds is 6. The van der Waals surface area contributed by atoms with Gasteiger partial charge in [0, 0.05) is 38.6 Å². The first-order valence-electron chi connectivity index (χ1n) is 19.2. The number of nitrogens with zero attached hydrogens (tertiary/aromatic N) is 3. The fourth-order valence-electron chi connectivity index (χ4n) is 8.09. The van der Waals surface area contributed by atoms with Crippen molar-refractivity contribution in [3.8, 4) is 67.4 Å². The summed E-state index contributed by atoms with van der Waals surface area (Å²) in [6.07, 6.45) is 0. The Morgan fingerprint density at radius 1 is 0.351 bits per heavy atom. The summed E-state index contributed by atoms with van der Waals surface area (Å²) in [7, 11) is 0. The molecule has 3 heterocycles. The lowest BCUT2D eigenvalue weighted by Gasteiger charge is -2.13. The molecule has 0 radical (unpaired) electrons. The fraction of sp³-hybridized carbons (Fsp3) is 0. The van der Waals surface area contributed by atoms with E-state index in [0.717, 1.165) is 88.7 Å². The van der Waals surface area contributed by atoms with Crippen LogP contribution in [-0.4, -0.2) is 15.0 Å². The average molecular weight is 728 g/mol. The van der Waals surface area contributed by atoms with E-state index in [-0.39, 0.29) is 0 Å². The lowest BCUT2D eigenvalue weighted by Crippen LogP contribution is -1.96. The molecule has 0 aliphatic rings. The molecule has 11 rings (SSSR count). The van der Waals surface area contributed by atoms with E-state index in [1.807, 2.05) is 36.4 Å². The van der Waals surface area contributed by atoms with Gasteiger partial charge in [0.1, 0.15) is 11.2 Å². The molecule has 266 valence electrons. The molecule has 0 unspecified atom stereocenters. The highest BCUT2D eigenvalue weighted by Gasteiger charge is 2.21. The van der Waals surface area contributed by atoms with E-state index in [1.165, 1.54) is 16.5 Å². The number of aromatic nitrogens is 3. The van der Waals surface area contributed by atoms with Crippen LogP contribution in [0.25, 0.3) is 111 Å². The Kier molecular flexibility index (Phi) is 7.78. The maximum atomic E-state index is 6.68. The molecule has 0 N–H and O–H groups in total. The van der Waals surface area contributed by atoms with Crippen molar-refractivity contribution >= 4 is 43.6 Å². The molecule has 8 aromatic carbocycles. The highest BCUT2D eigenvalue weighted by molar-refractivity contribution is 6.22. The highest BCUT2D eigenvalue weighted by atomic mass is 16.3. The number of para-hydroxylation sites is 2. The van der Waals surface area contributed by atoms with Crippen molar-refractivity contribution in [2.75, 3.05) is 0 Å². The molecule has 0 fully saturated rings. The molecule has 4 nitrogen and oxygen atoms in total. The molecule has 0 saturated heterocycles. The van der Waals surface area contributed by atoms with Gasteiger partial charge in [0.05, 0.1) is 28.0 Å². The third-order valence-electron chi connectivity index (χ3n) is 10.9. The first-order chi connectivity index (χ1) is 28.2. The summed E-state index contributed by atoms with van der Waals surface area (Å²) >= 11 is 0. The van der Waals surface area contributed by atoms with Crippen LogP contribution in [-0.2, 0) is 0 Å². The predicted octanol–water partition coefficient (Wildman–Crippen LogP) is 14.1. The first-order valence-corrected chi connectivity index (χ1v) is 19.2. The SMILES string of the molecule is c1ccc(-c2ccc(-c3cc(-c4ccc(-c5cccc6c5nc(-c5cccc7ccccc57)c5c7ccccc7oc65)cc4)nc(-c4ccccc4)n3)cc2)cc1. The van der Waals surface area contributed by atoms with E-state index in [0.29, 0.717) is 5.82 Å². The van der Waals surface area contributed by atoms with Gasteiger partial charge in [-0.3, -0.25) is 0 Å². The summed E-state index contributed by atoms with van der Waals surface area (Å²) in [6, 6.07) is 69.6. The molecule has 4 heteroatoms. The molecule has 0 spiro atoms. The Hall–Kier alpha value is -7.69. The predicted molar refractivity (Wildman–Crippen MR) is 235 cm³/mol. The first kappa shape index (κ1) is 32.7. The Labute approximate surface area is 329 Å². The number of pyridine rings is 1. The summed E-state index contributed by atoms with van der Waals surface area (Å²) in [5, 5.41) is 5.41. The molecule has 0 amide bonds. The third kappa shape index (κ3) is 5.74. The normalized spacial score (nSPS) is 11.5. The molecule has 0 aliphatic heterocycles. The monoisotopic (exact) mass is 727 g/mol. The summed E-state index contributed by atoms with van der Waals surface area (Å²) < 4.78 is 6.68. The van der Waals surface area contributed by atoms with Crippen LogP contribution in [0.1, 0.15) is 0 Å². The van der Waals surface area contributed by atoms with Gasteiger partial charge in [0.2, 0.25) is 0 Å². The van der Waals surface area contributed by atoms with Crippen LogP contribution in [0, 0.1) is 0 Å². The minimum atomic E-state index is 0.688. The molecule has 57 heavy (non-hydrogen) atoms. The summed E-state index contributed by atoms with van der Waals surface area (Å²) in [4.78, 5) is 15.7. The topological polar surface area (TPSA) is 51.8 Å². The molecule has 0 bridgehead atoms. The van der Waals surface area contributed by atoms with Gasteiger partial charge in [-0.2, -0.15) is 0 Å². The van der Waals surface area contributed by atoms with Gasteiger partial charge >= 0.3 is 0 Å². The second-order valence-corrected chi connectivity index (χ2v) is 14.3. The highest BCUT2D eigenvalue weighted by Crippen LogP contribution is 2.43. The van der Waals surface area contributed by atoms with Gasteiger partial charge in [0.15, 0.2) is 5.82 Å². The summed E-state index contributed by atoms with van der Waals surface area (Å²) in [6.45, 7) is 0. The zero-order chi connectivity index (χ0) is 37.7. The average Bonchev–Trinajstić information content (AvgIpc) is 3.69. The van der Waals surface area contributed by atoms with E-state index in [9.17, 15) is 0 Å². The van der Waals surface area contributed by atoms with Gasteiger partial charge in [-0.15, -0.1) is 0 Å². The van der Waals surface area contributed by atoms with Gasteiger partial charge in [-0.25, -0.2) is 15.0 Å². The minimum absolute atomic E-state index is 0.688. The van der Waals surface area contributed by atoms with Crippen LogP contribution in [0.3, 0.4) is 0 Å². The fourth-order valence-corrected chi connectivity index (χ4v) is 8.09. The molecule has 3 aromatic heterocycles. The summed E-state index contributed by atoms with van der Waals surface area (Å²) in [5.41, 5.74) is 13.8.